The molecule has 1 aromatic heterocycles. The van der Waals surface area contributed by atoms with E-state index in [4.69, 9.17) is 0 Å². The van der Waals surface area contributed by atoms with Crippen molar-refractivity contribution in [1.29, 1.82) is 0 Å². The first-order chi connectivity index (χ1) is 8.98. The fourth-order valence-corrected chi connectivity index (χ4v) is 3.41. The minimum absolute atomic E-state index is 0.0742. The molecule has 1 aliphatic rings. The fraction of sp³-hybridized carbons (Fsp3) is 0.714. The van der Waals surface area contributed by atoms with Gasteiger partial charge in [0.05, 0.1) is 24.3 Å². The second-order valence-corrected chi connectivity index (χ2v) is 6.78. The maximum atomic E-state index is 11.9. The number of thiazole rings is 1. The number of hydrogen-bond acceptors (Lipinski definition) is 4. The van der Waals surface area contributed by atoms with Gasteiger partial charge in [-0.2, -0.15) is 0 Å². The number of aryl methyl sites for hydroxylation is 2. The molecule has 5 heteroatoms. The van der Waals surface area contributed by atoms with Crippen molar-refractivity contribution >= 4 is 17.2 Å². The fourth-order valence-electron chi connectivity index (χ4n) is 2.54. The molecule has 0 aromatic carbocycles. The van der Waals surface area contributed by atoms with Crippen LogP contribution in [0, 0.1) is 13.8 Å². The molecule has 4 nitrogen and oxygen atoms in total. The van der Waals surface area contributed by atoms with Crippen LogP contribution in [0.2, 0.25) is 0 Å². The third-order valence-corrected chi connectivity index (χ3v) is 4.86. The Morgan fingerprint density at radius 2 is 2.05 bits per heavy atom. The van der Waals surface area contributed by atoms with Crippen molar-refractivity contribution < 1.29 is 9.90 Å². The van der Waals surface area contributed by atoms with Gasteiger partial charge in [-0.3, -0.25) is 4.79 Å². The summed E-state index contributed by atoms with van der Waals surface area (Å²) in [5.41, 5.74) is 0.247. The molecule has 0 saturated heterocycles. The number of carbonyl (C=O) groups excluding carboxylic acids is 1. The number of rotatable bonds is 4. The summed E-state index contributed by atoms with van der Waals surface area (Å²) >= 11 is 1.61. The van der Waals surface area contributed by atoms with Crippen LogP contribution in [-0.4, -0.2) is 21.6 Å². The molecule has 0 spiro atoms. The number of nitrogens with zero attached hydrogens (tertiary/aromatic N) is 1. The normalized spacial score (nSPS) is 18.3. The lowest BCUT2D eigenvalue weighted by atomic mass is 9.82. The van der Waals surface area contributed by atoms with Gasteiger partial charge in [-0.15, -0.1) is 11.3 Å². The minimum atomic E-state index is -0.781. The van der Waals surface area contributed by atoms with Crippen LogP contribution < -0.4 is 5.32 Å². The van der Waals surface area contributed by atoms with Crippen LogP contribution >= 0.6 is 11.3 Å². The average Bonchev–Trinajstić information content (AvgIpc) is 2.67. The van der Waals surface area contributed by atoms with Gasteiger partial charge in [0.15, 0.2) is 0 Å². The smallest absolute Gasteiger partial charge is 0.223 e. The third-order valence-electron chi connectivity index (χ3n) is 3.78. The lowest BCUT2D eigenvalue weighted by Crippen LogP contribution is -2.38. The van der Waals surface area contributed by atoms with Crippen LogP contribution in [0.1, 0.15) is 54.1 Å². The Morgan fingerprint density at radius 1 is 1.37 bits per heavy atom. The largest absolute Gasteiger partial charge is 0.389 e. The molecule has 1 amide bonds. The maximum absolute atomic E-state index is 11.9. The molecule has 0 bridgehead atoms. The monoisotopic (exact) mass is 282 g/mol. The number of aromatic nitrogens is 1. The molecule has 106 valence electrons. The summed E-state index contributed by atoms with van der Waals surface area (Å²) in [6, 6.07) is 0. The van der Waals surface area contributed by atoms with E-state index < -0.39 is 5.60 Å². The molecule has 1 aromatic rings. The van der Waals surface area contributed by atoms with Gasteiger partial charge in [0.2, 0.25) is 5.91 Å². The van der Waals surface area contributed by atoms with Crippen LogP contribution in [0.5, 0.6) is 0 Å². The van der Waals surface area contributed by atoms with Crippen molar-refractivity contribution in [1.82, 2.24) is 10.3 Å². The van der Waals surface area contributed by atoms with Crippen molar-refractivity contribution in [2.45, 2.75) is 64.5 Å². The number of hydrogen-bond donors (Lipinski definition) is 2. The summed E-state index contributed by atoms with van der Waals surface area (Å²) in [4.78, 5) is 17.5. The zero-order chi connectivity index (χ0) is 13.9. The van der Waals surface area contributed by atoms with Crippen molar-refractivity contribution in [2.24, 2.45) is 0 Å². The molecule has 1 fully saturated rings. The molecular weight excluding hydrogens is 260 g/mol. The Labute approximate surface area is 118 Å². The van der Waals surface area contributed by atoms with E-state index in [-0.39, 0.29) is 12.3 Å². The molecule has 0 aliphatic heterocycles. The molecular formula is C14H22N2O2S. The maximum Gasteiger partial charge on any atom is 0.223 e. The molecule has 0 radical (unpaired) electrons. The predicted molar refractivity (Wildman–Crippen MR) is 76.1 cm³/mol. The molecule has 1 saturated carbocycles. The van der Waals surface area contributed by atoms with E-state index in [2.05, 4.69) is 10.3 Å². The molecule has 0 unspecified atom stereocenters. The van der Waals surface area contributed by atoms with Crippen molar-refractivity contribution in [2.75, 3.05) is 0 Å². The lowest BCUT2D eigenvalue weighted by molar-refractivity contribution is -0.127. The van der Waals surface area contributed by atoms with Gasteiger partial charge in [-0.1, -0.05) is 19.3 Å². The topological polar surface area (TPSA) is 62.2 Å². The number of nitrogens with one attached hydrogen (secondary N) is 1. The van der Waals surface area contributed by atoms with E-state index in [1.165, 1.54) is 11.3 Å². The van der Waals surface area contributed by atoms with E-state index in [9.17, 15) is 9.90 Å². The number of amides is 1. The molecule has 1 heterocycles. The Morgan fingerprint density at radius 3 is 2.63 bits per heavy atom. The molecule has 19 heavy (non-hydrogen) atoms. The first kappa shape index (κ1) is 14.5. The Bertz CT molecular complexity index is 431. The standard InChI is InChI=1S/C14H22N2O2S/c1-10-11(2)19-13(16-10)9-15-12(17)8-14(18)6-4-3-5-7-14/h18H,3-9H2,1-2H3,(H,15,17). The van der Waals surface area contributed by atoms with Crippen molar-refractivity contribution in [3.05, 3.63) is 15.6 Å². The first-order valence-electron chi connectivity index (χ1n) is 6.90. The number of carbonyl (C=O) groups is 1. The second kappa shape index (κ2) is 6.01. The highest BCUT2D eigenvalue weighted by atomic mass is 32.1. The van der Waals surface area contributed by atoms with Crippen LogP contribution in [-0.2, 0) is 11.3 Å². The zero-order valence-corrected chi connectivity index (χ0v) is 12.5. The second-order valence-electron chi connectivity index (χ2n) is 5.49. The highest BCUT2D eigenvalue weighted by Gasteiger charge is 2.31. The van der Waals surface area contributed by atoms with E-state index in [1.54, 1.807) is 11.3 Å². The molecule has 0 atom stereocenters. The van der Waals surface area contributed by atoms with E-state index in [0.29, 0.717) is 6.54 Å². The summed E-state index contributed by atoms with van der Waals surface area (Å²) in [7, 11) is 0. The first-order valence-corrected chi connectivity index (χ1v) is 7.72. The van der Waals surface area contributed by atoms with Crippen LogP contribution in [0.4, 0.5) is 0 Å². The average molecular weight is 282 g/mol. The Hall–Kier alpha value is -0.940. The quantitative estimate of drug-likeness (QED) is 0.891. The van der Waals surface area contributed by atoms with Gasteiger partial charge in [-0.05, 0) is 26.7 Å². The summed E-state index contributed by atoms with van der Waals surface area (Å²) < 4.78 is 0. The minimum Gasteiger partial charge on any atom is -0.389 e. The molecule has 2 rings (SSSR count). The van der Waals surface area contributed by atoms with Crippen LogP contribution in [0.25, 0.3) is 0 Å². The summed E-state index contributed by atoms with van der Waals surface area (Å²) in [6.45, 7) is 4.47. The Balaban J connectivity index is 1.81. The summed E-state index contributed by atoms with van der Waals surface area (Å²) in [6.07, 6.45) is 4.92. The SMILES string of the molecule is Cc1nc(CNC(=O)CC2(O)CCCCC2)sc1C. The van der Waals surface area contributed by atoms with Gasteiger partial charge in [0.1, 0.15) is 5.01 Å². The van der Waals surface area contributed by atoms with Crippen molar-refractivity contribution in [3.8, 4) is 0 Å². The van der Waals surface area contributed by atoms with Gasteiger partial charge in [0.25, 0.3) is 0 Å². The van der Waals surface area contributed by atoms with Crippen LogP contribution in [0.3, 0.4) is 0 Å². The van der Waals surface area contributed by atoms with Gasteiger partial charge >= 0.3 is 0 Å². The lowest BCUT2D eigenvalue weighted by Gasteiger charge is -2.31. The van der Waals surface area contributed by atoms with Gasteiger partial charge in [-0.25, -0.2) is 4.98 Å². The van der Waals surface area contributed by atoms with E-state index >= 15 is 0 Å². The third kappa shape index (κ3) is 4.01. The Kier molecular flexibility index (Phi) is 4.58. The molecule has 2 N–H and O–H groups in total. The van der Waals surface area contributed by atoms with Crippen molar-refractivity contribution in [3.63, 3.8) is 0 Å². The number of aliphatic hydroxyl groups is 1. The van der Waals surface area contributed by atoms with E-state index in [1.807, 2.05) is 13.8 Å². The summed E-state index contributed by atoms with van der Waals surface area (Å²) in [5.74, 6) is -0.0742. The van der Waals surface area contributed by atoms with Crippen LogP contribution in [0.15, 0.2) is 0 Å². The highest BCUT2D eigenvalue weighted by molar-refractivity contribution is 7.11. The predicted octanol–water partition coefficient (Wildman–Crippen LogP) is 2.46. The highest BCUT2D eigenvalue weighted by Crippen LogP contribution is 2.30. The zero-order valence-electron chi connectivity index (χ0n) is 11.7. The van der Waals surface area contributed by atoms with E-state index in [0.717, 1.165) is 36.4 Å². The summed E-state index contributed by atoms with van der Waals surface area (Å²) in [5, 5.41) is 14.1. The van der Waals surface area contributed by atoms with Gasteiger partial charge < -0.3 is 10.4 Å². The van der Waals surface area contributed by atoms with Gasteiger partial charge in [0, 0.05) is 4.88 Å². The molecule has 1 aliphatic carbocycles.